The first-order chi connectivity index (χ1) is 7.63. The molecule has 4 nitrogen and oxygen atoms in total. The van der Waals surface area contributed by atoms with Gasteiger partial charge in [0.2, 0.25) is 0 Å². The van der Waals surface area contributed by atoms with Crippen LogP contribution >= 0.6 is 11.8 Å². The van der Waals surface area contributed by atoms with E-state index in [1.54, 1.807) is 6.20 Å². The molecule has 16 heavy (non-hydrogen) atoms. The van der Waals surface area contributed by atoms with E-state index < -0.39 is 0 Å². The Bertz CT molecular complexity index is 356. The molecule has 0 saturated heterocycles. The van der Waals surface area contributed by atoms with Crippen molar-refractivity contribution in [1.82, 2.24) is 4.98 Å². The Morgan fingerprint density at radius 2 is 2.44 bits per heavy atom. The van der Waals surface area contributed by atoms with Crippen LogP contribution in [0.5, 0.6) is 0 Å². The van der Waals surface area contributed by atoms with Crippen molar-refractivity contribution in [1.29, 1.82) is 0 Å². The van der Waals surface area contributed by atoms with Crippen LogP contribution in [-0.2, 0) is 9.53 Å². The van der Waals surface area contributed by atoms with Crippen molar-refractivity contribution in [2.45, 2.75) is 24.4 Å². The fourth-order valence-corrected chi connectivity index (χ4v) is 1.96. The molecular formula is C11H16N2O2S. The van der Waals surface area contributed by atoms with Crippen molar-refractivity contribution in [3.8, 4) is 0 Å². The molecular weight excluding hydrogens is 224 g/mol. The first-order valence-corrected chi connectivity index (χ1v) is 6.03. The molecule has 1 heterocycles. The van der Waals surface area contributed by atoms with Gasteiger partial charge in [0.1, 0.15) is 0 Å². The highest BCUT2D eigenvalue weighted by molar-refractivity contribution is 7.99. The van der Waals surface area contributed by atoms with E-state index in [0.717, 1.165) is 10.6 Å². The molecule has 0 saturated carbocycles. The zero-order chi connectivity index (χ0) is 12.0. The molecule has 1 atom stereocenters. The van der Waals surface area contributed by atoms with Gasteiger partial charge in [-0.15, -0.1) is 11.8 Å². The lowest BCUT2D eigenvalue weighted by molar-refractivity contribution is -0.140. The fourth-order valence-electron chi connectivity index (χ4n) is 1.13. The van der Waals surface area contributed by atoms with E-state index in [-0.39, 0.29) is 12.0 Å². The third kappa shape index (κ3) is 4.20. The van der Waals surface area contributed by atoms with E-state index in [0.29, 0.717) is 12.2 Å². The summed E-state index contributed by atoms with van der Waals surface area (Å²) < 4.78 is 4.56. The minimum Gasteiger partial charge on any atom is -0.469 e. The van der Waals surface area contributed by atoms with E-state index in [1.165, 1.54) is 18.9 Å². The summed E-state index contributed by atoms with van der Waals surface area (Å²) in [6, 6.07) is 3.85. The van der Waals surface area contributed by atoms with Crippen molar-refractivity contribution in [2.24, 2.45) is 5.73 Å². The molecule has 0 bridgehead atoms. The van der Waals surface area contributed by atoms with Gasteiger partial charge in [-0.2, -0.15) is 0 Å². The zero-order valence-electron chi connectivity index (χ0n) is 9.47. The second-order valence-corrected chi connectivity index (χ2v) is 4.51. The molecule has 0 aromatic carbocycles. The zero-order valence-corrected chi connectivity index (χ0v) is 10.3. The lowest BCUT2D eigenvalue weighted by atomic mass is 10.1. The van der Waals surface area contributed by atoms with Gasteiger partial charge in [-0.05, 0) is 24.6 Å². The van der Waals surface area contributed by atoms with Gasteiger partial charge in [-0.25, -0.2) is 4.98 Å². The summed E-state index contributed by atoms with van der Waals surface area (Å²) in [5.74, 6) is 0.470. The molecule has 1 aromatic heterocycles. The van der Waals surface area contributed by atoms with Gasteiger partial charge in [-0.1, -0.05) is 0 Å². The van der Waals surface area contributed by atoms with Crippen LogP contribution in [0.2, 0.25) is 0 Å². The van der Waals surface area contributed by atoms with Gasteiger partial charge in [0.25, 0.3) is 0 Å². The highest BCUT2D eigenvalue weighted by atomic mass is 32.2. The Balaban J connectivity index is 2.48. The van der Waals surface area contributed by atoms with Crippen LogP contribution in [-0.4, -0.2) is 23.8 Å². The first-order valence-electron chi connectivity index (χ1n) is 5.04. The average Bonchev–Trinajstić information content (AvgIpc) is 2.29. The third-order valence-electron chi connectivity index (χ3n) is 2.07. The number of hydrogen-bond donors (Lipinski definition) is 1. The molecule has 1 rings (SSSR count). The Kier molecular flexibility index (Phi) is 5.28. The summed E-state index contributed by atoms with van der Waals surface area (Å²) >= 11 is 1.53. The second-order valence-electron chi connectivity index (χ2n) is 3.39. The Hall–Kier alpha value is -1.07. The number of rotatable bonds is 5. The predicted octanol–water partition coefficient (Wildman–Crippen LogP) is 1.76. The number of carbonyl (C=O) groups excluding carboxylic acids is 1. The number of hydrogen-bond acceptors (Lipinski definition) is 5. The molecule has 0 aliphatic heterocycles. The number of nitrogens with zero attached hydrogens (tertiary/aromatic N) is 1. The lowest BCUT2D eigenvalue weighted by Gasteiger charge is -2.06. The molecule has 2 N–H and O–H groups in total. The number of ether oxygens (including phenoxy) is 1. The van der Waals surface area contributed by atoms with Crippen LogP contribution in [0.3, 0.4) is 0 Å². The number of pyridine rings is 1. The normalized spacial score (nSPS) is 12.2. The largest absolute Gasteiger partial charge is 0.469 e. The quantitative estimate of drug-likeness (QED) is 0.627. The van der Waals surface area contributed by atoms with Crippen LogP contribution in [0, 0.1) is 0 Å². The number of nitrogens with two attached hydrogens (primary N) is 1. The fraction of sp³-hybridized carbons (Fsp3) is 0.455. The summed E-state index contributed by atoms with van der Waals surface area (Å²) in [5, 5.41) is 0.888. The standard InChI is InChI=1S/C11H16N2O2S/c1-8(12)9-3-5-13-10(7-9)16-6-4-11(14)15-2/h3,5,7-8H,4,6,12H2,1-2H3/t8-/m1/s1. The van der Waals surface area contributed by atoms with E-state index >= 15 is 0 Å². The third-order valence-corrected chi connectivity index (χ3v) is 3.00. The second kappa shape index (κ2) is 6.50. The van der Waals surface area contributed by atoms with E-state index in [4.69, 9.17) is 5.73 Å². The SMILES string of the molecule is COC(=O)CCSc1cc([C@@H](C)N)ccn1. The lowest BCUT2D eigenvalue weighted by Crippen LogP contribution is -2.05. The molecule has 0 amide bonds. The van der Waals surface area contributed by atoms with Crippen molar-refractivity contribution in [3.05, 3.63) is 23.9 Å². The molecule has 88 valence electrons. The minimum atomic E-state index is -0.198. The van der Waals surface area contributed by atoms with E-state index in [1.807, 2.05) is 19.1 Å². The molecule has 5 heteroatoms. The molecule has 1 aromatic rings. The average molecular weight is 240 g/mol. The monoisotopic (exact) mass is 240 g/mol. The molecule has 0 fully saturated rings. The number of esters is 1. The summed E-state index contributed by atoms with van der Waals surface area (Å²) in [7, 11) is 1.39. The predicted molar refractivity (Wildman–Crippen MR) is 64.2 cm³/mol. The van der Waals surface area contributed by atoms with Gasteiger partial charge >= 0.3 is 5.97 Å². The maximum absolute atomic E-state index is 10.9. The van der Waals surface area contributed by atoms with Gasteiger partial charge < -0.3 is 10.5 Å². The van der Waals surface area contributed by atoms with Crippen molar-refractivity contribution < 1.29 is 9.53 Å². The molecule has 0 aliphatic carbocycles. The molecule has 0 radical (unpaired) electrons. The number of methoxy groups -OCH3 is 1. The van der Waals surface area contributed by atoms with Crippen molar-refractivity contribution in [2.75, 3.05) is 12.9 Å². The maximum atomic E-state index is 10.9. The number of aromatic nitrogens is 1. The highest BCUT2D eigenvalue weighted by Crippen LogP contribution is 2.19. The summed E-state index contributed by atoms with van der Waals surface area (Å²) in [4.78, 5) is 15.1. The Morgan fingerprint density at radius 1 is 1.69 bits per heavy atom. The maximum Gasteiger partial charge on any atom is 0.306 e. The van der Waals surface area contributed by atoms with Crippen LogP contribution in [0.25, 0.3) is 0 Å². The van der Waals surface area contributed by atoms with E-state index in [9.17, 15) is 4.79 Å². The molecule has 0 spiro atoms. The summed E-state index contributed by atoms with van der Waals surface area (Å²) in [5.41, 5.74) is 6.82. The highest BCUT2D eigenvalue weighted by Gasteiger charge is 2.04. The summed E-state index contributed by atoms with van der Waals surface area (Å²) in [6.45, 7) is 1.93. The minimum absolute atomic E-state index is 0.00274. The van der Waals surface area contributed by atoms with Gasteiger partial charge in [0.05, 0.1) is 18.6 Å². The first kappa shape index (κ1) is 13.0. The Morgan fingerprint density at radius 3 is 3.06 bits per heavy atom. The van der Waals surface area contributed by atoms with Crippen molar-refractivity contribution in [3.63, 3.8) is 0 Å². The van der Waals surface area contributed by atoms with E-state index in [2.05, 4.69) is 9.72 Å². The van der Waals surface area contributed by atoms with Crippen LogP contribution < -0.4 is 5.73 Å². The molecule has 0 aliphatic rings. The van der Waals surface area contributed by atoms with Gasteiger partial charge in [0.15, 0.2) is 0 Å². The topological polar surface area (TPSA) is 65.2 Å². The number of carbonyl (C=O) groups is 1. The van der Waals surface area contributed by atoms with Crippen LogP contribution in [0.15, 0.2) is 23.4 Å². The summed E-state index contributed by atoms with van der Waals surface area (Å²) in [6.07, 6.45) is 2.13. The van der Waals surface area contributed by atoms with Gasteiger partial charge in [-0.3, -0.25) is 4.79 Å². The number of thioether (sulfide) groups is 1. The Labute approximate surface area is 99.6 Å². The smallest absolute Gasteiger partial charge is 0.306 e. The van der Waals surface area contributed by atoms with Crippen molar-refractivity contribution >= 4 is 17.7 Å². The molecule has 0 unspecified atom stereocenters. The van der Waals surface area contributed by atoms with Gasteiger partial charge in [0, 0.05) is 18.0 Å². The van der Waals surface area contributed by atoms with Crippen LogP contribution in [0.4, 0.5) is 0 Å². The van der Waals surface area contributed by atoms with Crippen LogP contribution in [0.1, 0.15) is 24.9 Å².